The van der Waals surface area contributed by atoms with E-state index in [-0.39, 0.29) is 4.90 Å². The lowest BCUT2D eigenvalue weighted by molar-refractivity contribution is 0.110. The van der Waals surface area contributed by atoms with Crippen molar-refractivity contribution in [1.82, 2.24) is 0 Å². The molecule has 0 unspecified atom stereocenters. The van der Waals surface area contributed by atoms with Crippen LogP contribution in [-0.2, 0) is 21.2 Å². The molecule has 0 saturated heterocycles. The standard InChI is InChI=1S/C20H25NO4S/c1-3-24-13-14-25-18-7-9-19(10-8-18)26(22,23)21-12-4-5-17-15-16(2)6-11-20(17)21/h6-11,15H,3-5,12-14H2,1-2H3. The molecule has 0 radical (unpaired) electrons. The van der Waals surface area contributed by atoms with Crippen LogP contribution in [-0.4, -0.2) is 34.8 Å². The molecule has 1 heterocycles. The molecule has 1 aliphatic heterocycles. The third kappa shape index (κ3) is 4.02. The van der Waals surface area contributed by atoms with E-state index >= 15 is 0 Å². The van der Waals surface area contributed by atoms with Crippen LogP contribution in [0.15, 0.2) is 47.4 Å². The van der Waals surface area contributed by atoms with Gasteiger partial charge in [-0.05, 0) is 62.6 Å². The number of fused-ring (bicyclic) bond motifs is 1. The number of hydrogen-bond donors (Lipinski definition) is 0. The second-order valence-corrected chi connectivity index (χ2v) is 8.19. The van der Waals surface area contributed by atoms with E-state index in [1.54, 1.807) is 24.3 Å². The van der Waals surface area contributed by atoms with Crippen LogP contribution >= 0.6 is 0 Å². The number of hydrogen-bond acceptors (Lipinski definition) is 4. The first-order chi connectivity index (χ1) is 12.5. The Balaban J connectivity index is 1.79. The second kappa shape index (κ2) is 8.10. The fourth-order valence-corrected chi connectivity index (χ4v) is 4.68. The summed E-state index contributed by atoms with van der Waals surface area (Å²) in [6, 6.07) is 12.5. The summed E-state index contributed by atoms with van der Waals surface area (Å²) in [6.07, 6.45) is 1.74. The smallest absolute Gasteiger partial charge is 0.264 e. The Morgan fingerprint density at radius 1 is 1.08 bits per heavy atom. The normalized spacial score (nSPS) is 14.2. The quantitative estimate of drug-likeness (QED) is 0.695. The summed E-state index contributed by atoms with van der Waals surface area (Å²) in [5.41, 5.74) is 3.03. The summed E-state index contributed by atoms with van der Waals surface area (Å²) < 4.78 is 38.5. The lowest BCUT2D eigenvalue weighted by Crippen LogP contribution is -2.35. The van der Waals surface area contributed by atoms with Gasteiger partial charge in [-0.3, -0.25) is 4.31 Å². The third-order valence-corrected chi connectivity index (χ3v) is 6.25. The van der Waals surface area contributed by atoms with Crippen LogP contribution in [0.5, 0.6) is 5.75 Å². The van der Waals surface area contributed by atoms with Crippen molar-refractivity contribution in [2.24, 2.45) is 0 Å². The first kappa shape index (κ1) is 18.7. The summed E-state index contributed by atoms with van der Waals surface area (Å²) in [6.45, 7) is 6.07. The molecule has 2 aromatic carbocycles. The van der Waals surface area contributed by atoms with Gasteiger partial charge >= 0.3 is 0 Å². The Morgan fingerprint density at radius 2 is 1.85 bits per heavy atom. The molecular weight excluding hydrogens is 350 g/mol. The molecule has 0 fully saturated rings. The molecule has 3 rings (SSSR count). The van der Waals surface area contributed by atoms with Crippen molar-refractivity contribution in [2.45, 2.75) is 31.6 Å². The highest BCUT2D eigenvalue weighted by Gasteiger charge is 2.29. The fourth-order valence-electron chi connectivity index (χ4n) is 3.14. The molecule has 0 N–H and O–H groups in total. The molecule has 1 aliphatic rings. The average Bonchev–Trinajstić information content (AvgIpc) is 2.65. The molecule has 0 atom stereocenters. The molecule has 0 aromatic heterocycles. The van der Waals surface area contributed by atoms with E-state index in [0.717, 1.165) is 29.7 Å². The number of benzene rings is 2. The average molecular weight is 375 g/mol. The lowest BCUT2D eigenvalue weighted by atomic mass is 10.0. The van der Waals surface area contributed by atoms with E-state index in [0.29, 0.717) is 32.1 Å². The van der Waals surface area contributed by atoms with Gasteiger partial charge in [0.05, 0.1) is 17.2 Å². The molecule has 0 aliphatic carbocycles. The molecule has 140 valence electrons. The van der Waals surface area contributed by atoms with Gasteiger partial charge in [-0.15, -0.1) is 0 Å². The van der Waals surface area contributed by atoms with E-state index in [4.69, 9.17) is 9.47 Å². The van der Waals surface area contributed by atoms with Crippen molar-refractivity contribution >= 4 is 15.7 Å². The van der Waals surface area contributed by atoms with Crippen molar-refractivity contribution in [3.05, 3.63) is 53.6 Å². The highest BCUT2D eigenvalue weighted by Crippen LogP contribution is 2.33. The van der Waals surface area contributed by atoms with Gasteiger partial charge < -0.3 is 9.47 Å². The molecule has 2 aromatic rings. The minimum Gasteiger partial charge on any atom is -0.491 e. The van der Waals surface area contributed by atoms with Crippen molar-refractivity contribution in [1.29, 1.82) is 0 Å². The topological polar surface area (TPSA) is 55.8 Å². The molecule has 6 heteroatoms. The van der Waals surface area contributed by atoms with Crippen LogP contribution in [0, 0.1) is 6.92 Å². The zero-order chi connectivity index (χ0) is 18.6. The Morgan fingerprint density at radius 3 is 2.58 bits per heavy atom. The van der Waals surface area contributed by atoms with Crippen LogP contribution < -0.4 is 9.04 Å². The number of rotatable bonds is 7. The van der Waals surface area contributed by atoms with Gasteiger partial charge in [0.2, 0.25) is 0 Å². The zero-order valence-electron chi connectivity index (χ0n) is 15.3. The largest absolute Gasteiger partial charge is 0.491 e. The Kier molecular flexibility index (Phi) is 5.84. The molecule has 0 amide bonds. The summed E-state index contributed by atoms with van der Waals surface area (Å²) in [5, 5.41) is 0. The van der Waals surface area contributed by atoms with Gasteiger partial charge in [-0.1, -0.05) is 17.7 Å². The molecule has 0 saturated carbocycles. The van der Waals surface area contributed by atoms with Crippen LogP contribution in [0.25, 0.3) is 0 Å². The Labute approximate surface area is 155 Å². The monoisotopic (exact) mass is 375 g/mol. The number of aryl methyl sites for hydroxylation is 2. The van der Waals surface area contributed by atoms with Crippen molar-refractivity contribution < 1.29 is 17.9 Å². The van der Waals surface area contributed by atoms with Crippen LogP contribution in [0.2, 0.25) is 0 Å². The van der Waals surface area contributed by atoms with E-state index in [2.05, 4.69) is 6.07 Å². The van der Waals surface area contributed by atoms with Crippen molar-refractivity contribution in [3.8, 4) is 5.75 Å². The van der Waals surface area contributed by atoms with E-state index in [1.807, 2.05) is 26.0 Å². The maximum Gasteiger partial charge on any atom is 0.264 e. The predicted octanol–water partition coefficient (Wildman–Crippen LogP) is 3.55. The zero-order valence-corrected chi connectivity index (χ0v) is 16.1. The number of anilines is 1. The highest BCUT2D eigenvalue weighted by molar-refractivity contribution is 7.92. The molecular formula is C20H25NO4S. The number of ether oxygens (including phenoxy) is 2. The molecule has 0 spiro atoms. The maximum atomic E-state index is 13.1. The summed E-state index contributed by atoms with van der Waals surface area (Å²) in [5.74, 6) is 0.637. The van der Waals surface area contributed by atoms with E-state index in [9.17, 15) is 8.42 Å². The number of nitrogens with zero attached hydrogens (tertiary/aromatic N) is 1. The van der Waals surface area contributed by atoms with Crippen LogP contribution in [0.1, 0.15) is 24.5 Å². The minimum atomic E-state index is -3.58. The van der Waals surface area contributed by atoms with Crippen LogP contribution in [0.4, 0.5) is 5.69 Å². The third-order valence-electron chi connectivity index (χ3n) is 4.42. The van der Waals surface area contributed by atoms with Gasteiger partial charge in [-0.2, -0.15) is 0 Å². The Hall–Kier alpha value is -2.05. The van der Waals surface area contributed by atoms with Crippen LogP contribution in [0.3, 0.4) is 0 Å². The van der Waals surface area contributed by atoms with Gasteiger partial charge in [0.15, 0.2) is 0 Å². The first-order valence-corrected chi connectivity index (χ1v) is 10.4. The van der Waals surface area contributed by atoms with E-state index < -0.39 is 10.0 Å². The minimum absolute atomic E-state index is 0.281. The molecule has 5 nitrogen and oxygen atoms in total. The summed E-state index contributed by atoms with van der Waals surface area (Å²) in [4.78, 5) is 0.281. The van der Waals surface area contributed by atoms with Gasteiger partial charge in [0.1, 0.15) is 12.4 Å². The maximum absolute atomic E-state index is 13.1. The summed E-state index contributed by atoms with van der Waals surface area (Å²) in [7, 11) is -3.58. The fraction of sp³-hybridized carbons (Fsp3) is 0.400. The highest BCUT2D eigenvalue weighted by atomic mass is 32.2. The van der Waals surface area contributed by atoms with E-state index in [1.165, 1.54) is 4.31 Å². The Bertz CT molecular complexity index is 847. The van der Waals surface area contributed by atoms with Crippen molar-refractivity contribution in [3.63, 3.8) is 0 Å². The predicted molar refractivity (Wildman–Crippen MR) is 102 cm³/mol. The first-order valence-electron chi connectivity index (χ1n) is 8.95. The summed E-state index contributed by atoms with van der Waals surface area (Å²) >= 11 is 0. The van der Waals surface area contributed by atoms with Gasteiger partial charge in [0, 0.05) is 13.2 Å². The van der Waals surface area contributed by atoms with Gasteiger partial charge in [0.25, 0.3) is 10.0 Å². The number of sulfonamides is 1. The lowest BCUT2D eigenvalue weighted by Gasteiger charge is -2.30. The molecule has 26 heavy (non-hydrogen) atoms. The molecule has 0 bridgehead atoms. The second-order valence-electron chi connectivity index (χ2n) is 6.33. The SMILES string of the molecule is CCOCCOc1ccc(S(=O)(=O)N2CCCc3cc(C)ccc32)cc1. The van der Waals surface area contributed by atoms with Crippen molar-refractivity contribution in [2.75, 3.05) is 30.7 Å². The van der Waals surface area contributed by atoms with Gasteiger partial charge in [-0.25, -0.2) is 8.42 Å².